The molecule has 2 saturated heterocycles. The molecule has 0 radical (unpaired) electrons. The van der Waals surface area contributed by atoms with Gasteiger partial charge in [0.15, 0.2) is 0 Å². The van der Waals surface area contributed by atoms with Crippen LogP contribution in [0.5, 0.6) is 11.5 Å². The number of aromatic nitrogens is 4. The van der Waals surface area contributed by atoms with Crippen molar-refractivity contribution < 1.29 is 19.4 Å². The van der Waals surface area contributed by atoms with Crippen molar-refractivity contribution >= 4 is 40.7 Å². The van der Waals surface area contributed by atoms with Gasteiger partial charge in [-0.3, -0.25) is 0 Å². The number of carboxylic acid groups (broad SMARTS) is 1. The molecule has 6 rings (SSSR count). The predicted molar refractivity (Wildman–Crippen MR) is 166 cm³/mol. The van der Waals surface area contributed by atoms with Crippen LogP contribution in [0.25, 0.3) is 16.9 Å². The number of anilines is 3. The van der Waals surface area contributed by atoms with Crippen LogP contribution in [0.4, 0.5) is 22.1 Å². The van der Waals surface area contributed by atoms with Gasteiger partial charge in [0.25, 0.3) is 0 Å². The predicted octanol–water partition coefficient (Wildman–Crippen LogP) is 4.27. The van der Waals surface area contributed by atoms with Crippen molar-refractivity contribution in [2.45, 2.75) is 12.8 Å². The van der Waals surface area contributed by atoms with Gasteiger partial charge in [-0.1, -0.05) is 11.6 Å². The molecule has 0 atom stereocenters. The van der Waals surface area contributed by atoms with Crippen molar-refractivity contribution in [3.8, 4) is 22.8 Å². The maximum atomic E-state index is 10.8. The number of pyridine rings is 1. The maximum absolute atomic E-state index is 10.8. The van der Waals surface area contributed by atoms with Crippen LogP contribution < -0.4 is 29.5 Å². The first-order valence-corrected chi connectivity index (χ1v) is 14.7. The topological polar surface area (TPSA) is 121 Å². The fraction of sp³-hybridized carbons (Fsp3) is 0.400. The monoisotopic (exact) mass is 606 g/mol. The van der Waals surface area contributed by atoms with Gasteiger partial charge in [-0.2, -0.15) is 0 Å². The molecule has 0 aliphatic carbocycles. The number of amides is 1. The SMILES string of the molecule is COc1cc(OC)c(-c2cn3ccc(N4CCN(c5ncc(N6CCC(CNC(=O)O)CC6)cn5)CC4)cc3n2)cc1Cl. The van der Waals surface area contributed by atoms with E-state index in [-0.39, 0.29) is 0 Å². The van der Waals surface area contributed by atoms with Crippen LogP contribution in [0, 0.1) is 5.92 Å². The fourth-order valence-electron chi connectivity index (χ4n) is 5.79. The van der Waals surface area contributed by atoms with Gasteiger partial charge in [0.1, 0.15) is 17.1 Å². The number of piperidine rings is 1. The van der Waals surface area contributed by atoms with Crippen LogP contribution in [-0.4, -0.2) is 90.6 Å². The van der Waals surface area contributed by atoms with E-state index in [1.165, 1.54) is 0 Å². The molecule has 2 aliphatic rings. The Labute approximate surface area is 254 Å². The lowest BCUT2D eigenvalue weighted by Gasteiger charge is -2.36. The minimum atomic E-state index is -0.960. The molecule has 0 bridgehead atoms. The number of carbonyl (C=O) groups is 1. The van der Waals surface area contributed by atoms with E-state index in [1.54, 1.807) is 20.3 Å². The van der Waals surface area contributed by atoms with Crippen LogP contribution in [-0.2, 0) is 0 Å². The summed E-state index contributed by atoms with van der Waals surface area (Å²) >= 11 is 6.40. The number of halogens is 1. The second kappa shape index (κ2) is 12.4. The summed E-state index contributed by atoms with van der Waals surface area (Å²) in [4.78, 5) is 31.8. The molecule has 4 aromatic rings. The second-order valence-electron chi connectivity index (χ2n) is 10.8. The summed E-state index contributed by atoms with van der Waals surface area (Å²) in [7, 11) is 3.20. The summed E-state index contributed by atoms with van der Waals surface area (Å²) in [5.74, 6) is 2.31. The number of ether oxygens (including phenoxy) is 2. The Balaban J connectivity index is 1.07. The maximum Gasteiger partial charge on any atom is 0.404 e. The van der Waals surface area contributed by atoms with Crippen LogP contribution >= 0.6 is 11.6 Å². The van der Waals surface area contributed by atoms with E-state index in [9.17, 15) is 4.79 Å². The first-order valence-electron chi connectivity index (χ1n) is 14.4. The van der Waals surface area contributed by atoms with Crippen molar-refractivity contribution in [3.63, 3.8) is 0 Å². The van der Waals surface area contributed by atoms with Crippen molar-refractivity contribution in [3.05, 3.63) is 54.1 Å². The highest BCUT2D eigenvalue weighted by Crippen LogP contribution is 2.38. The third-order valence-corrected chi connectivity index (χ3v) is 8.56. The summed E-state index contributed by atoms with van der Waals surface area (Å²) in [5, 5.41) is 11.8. The van der Waals surface area contributed by atoms with E-state index in [0.29, 0.717) is 29.0 Å². The smallest absolute Gasteiger partial charge is 0.404 e. The van der Waals surface area contributed by atoms with E-state index in [4.69, 9.17) is 31.2 Å². The lowest BCUT2D eigenvalue weighted by Crippen LogP contribution is -2.47. The van der Waals surface area contributed by atoms with Crippen LogP contribution in [0.2, 0.25) is 5.02 Å². The molecule has 12 nitrogen and oxygen atoms in total. The first kappa shape index (κ1) is 28.7. The second-order valence-corrected chi connectivity index (χ2v) is 11.2. The summed E-state index contributed by atoms with van der Waals surface area (Å²) in [6.45, 7) is 5.56. The number of rotatable bonds is 8. The van der Waals surface area contributed by atoms with Gasteiger partial charge in [0, 0.05) is 81.6 Å². The van der Waals surface area contributed by atoms with Gasteiger partial charge >= 0.3 is 6.09 Å². The highest BCUT2D eigenvalue weighted by molar-refractivity contribution is 6.32. The normalized spacial score (nSPS) is 16.0. The number of piperazine rings is 1. The number of fused-ring (bicyclic) bond motifs is 1. The van der Waals surface area contributed by atoms with E-state index in [1.807, 2.05) is 35.3 Å². The van der Waals surface area contributed by atoms with E-state index >= 15 is 0 Å². The lowest BCUT2D eigenvalue weighted by atomic mass is 9.96. The number of benzene rings is 1. The molecule has 2 N–H and O–H groups in total. The summed E-state index contributed by atoms with van der Waals surface area (Å²) in [6.07, 6.45) is 8.73. The molecule has 1 aromatic carbocycles. The Bertz CT molecular complexity index is 1580. The van der Waals surface area contributed by atoms with Crippen molar-refractivity contribution in [1.29, 1.82) is 0 Å². The van der Waals surface area contributed by atoms with E-state index < -0.39 is 6.09 Å². The highest BCUT2D eigenvalue weighted by atomic mass is 35.5. The van der Waals surface area contributed by atoms with Gasteiger partial charge in [-0.25, -0.2) is 19.7 Å². The van der Waals surface area contributed by atoms with Gasteiger partial charge in [-0.15, -0.1) is 0 Å². The van der Waals surface area contributed by atoms with Crippen molar-refractivity contribution in [1.82, 2.24) is 24.7 Å². The molecule has 1 amide bonds. The molecule has 226 valence electrons. The van der Waals surface area contributed by atoms with Crippen LogP contribution in [0.1, 0.15) is 12.8 Å². The zero-order valence-corrected chi connectivity index (χ0v) is 25.0. The molecule has 5 heterocycles. The van der Waals surface area contributed by atoms with Gasteiger partial charge in [0.05, 0.1) is 43.0 Å². The third kappa shape index (κ3) is 6.19. The molecule has 13 heteroatoms. The summed E-state index contributed by atoms with van der Waals surface area (Å²) in [5.41, 5.74) is 4.53. The van der Waals surface area contributed by atoms with Gasteiger partial charge < -0.3 is 39.0 Å². The minimum Gasteiger partial charge on any atom is -0.496 e. The van der Waals surface area contributed by atoms with Gasteiger partial charge in [-0.05, 0) is 30.9 Å². The molecular formula is C30H35ClN8O4. The number of nitrogens with one attached hydrogen (secondary N) is 1. The van der Waals surface area contributed by atoms with Crippen LogP contribution in [0.15, 0.2) is 49.1 Å². The zero-order chi connectivity index (χ0) is 29.9. The average Bonchev–Trinajstić information content (AvgIpc) is 3.47. The van der Waals surface area contributed by atoms with Crippen molar-refractivity contribution in [2.75, 3.05) is 74.7 Å². The van der Waals surface area contributed by atoms with Crippen LogP contribution in [0.3, 0.4) is 0 Å². The molecule has 0 unspecified atom stereocenters. The first-order chi connectivity index (χ1) is 20.9. The standard InChI is InChI=1S/C30H35ClN8O4/c1-42-26-15-27(43-2)24(31)14-23(26)25-19-39-8-5-21(13-28(39)35-25)37-9-11-38(12-10-37)29-32-17-22(18-33-29)36-6-3-20(4-7-36)16-34-30(40)41/h5,8,13-15,17-20,34H,3-4,6-7,9-12,16H2,1-2H3,(H,40,41). The molecule has 43 heavy (non-hydrogen) atoms. The quantitative estimate of drug-likeness (QED) is 0.301. The molecular weight excluding hydrogens is 572 g/mol. The lowest BCUT2D eigenvalue weighted by molar-refractivity contribution is 0.191. The zero-order valence-electron chi connectivity index (χ0n) is 24.2. The minimum absolute atomic E-state index is 0.371. The van der Waals surface area contributed by atoms with E-state index in [0.717, 1.165) is 86.3 Å². The number of imidazole rings is 1. The third-order valence-electron chi connectivity index (χ3n) is 8.27. The largest absolute Gasteiger partial charge is 0.496 e. The Kier molecular flexibility index (Phi) is 8.28. The molecule has 2 aliphatic heterocycles. The Morgan fingerprint density at radius 3 is 2.30 bits per heavy atom. The fourth-order valence-corrected chi connectivity index (χ4v) is 6.03. The highest BCUT2D eigenvalue weighted by Gasteiger charge is 2.23. The molecule has 3 aromatic heterocycles. The van der Waals surface area contributed by atoms with Crippen molar-refractivity contribution in [2.24, 2.45) is 5.92 Å². The Hall–Kier alpha value is -4.45. The molecule has 0 saturated carbocycles. The number of hydrogen-bond donors (Lipinski definition) is 2. The molecule has 2 fully saturated rings. The van der Waals surface area contributed by atoms with E-state index in [2.05, 4.69) is 42.1 Å². The molecule has 0 spiro atoms. The van der Waals surface area contributed by atoms with Gasteiger partial charge in [0.2, 0.25) is 5.95 Å². The number of hydrogen-bond acceptors (Lipinski definition) is 9. The summed E-state index contributed by atoms with van der Waals surface area (Å²) in [6, 6.07) is 7.80. The Morgan fingerprint density at radius 1 is 0.953 bits per heavy atom. The average molecular weight is 607 g/mol. The number of nitrogens with zero attached hydrogens (tertiary/aromatic N) is 7. The number of methoxy groups -OCH3 is 2. The summed E-state index contributed by atoms with van der Waals surface area (Å²) < 4.78 is 12.9. The Morgan fingerprint density at radius 2 is 1.63 bits per heavy atom.